The van der Waals surface area contributed by atoms with Gasteiger partial charge < -0.3 is 20.1 Å². The molecule has 26 heavy (non-hydrogen) atoms. The van der Waals surface area contributed by atoms with Gasteiger partial charge in [-0.1, -0.05) is 26.0 Å². The summed E-state index contributed by atoms with van der Waals surface area (Å²) in [5, 5.41) is 7.06. The van der Waals surface area contributed by atoms with Crippen molar-refractivity contribution in [1.82, 2.24) is 10.6 Å². The topological polar surface area (TPSA) is 54.9 Å². The van der Waals surface area contributed by atoms with E-state index in [-0.39, 0.29) is 5.41 Å². The van der Waals surface area contributed by atoms with Crippen LogP contribution in [0.2, 0.25) is 0 Å². The third-order valence-corrected chi connectivity index (χ3v) is 5.70. The molecule has 5 nitrogen and oxygen atoms in total. The molecule has 0 amide bonds. The number of rotatable bonds is 6. The smallest absolute Gasteiger partial charge is 0.191 e. The first-order chi connectivity index (χ1) is 12.5. The van der Waals surface area contributed by atoms with Crippen LogP contribution < -0.4 is 15.4 Å². The van der Waals surface area contributed by atoms with Crippen LogP contribution in [-0.2, 0) is 11.3 Å². The van der Waals surface area contributed by atoms with Crippen molar-refractivity contribution in [2.24, 2.45) is 16.3 Å². The molecule has 2 fully saturated rings. The molecule has 1 heterocycles. The Morgan fingerprint density at radius 2 is 2.15 bits per heavy atom. The molecule has 3 rings (SSSR count). The Hall–Kier alpha value is -1.75. The molecule has 1 aliphatic heterocycles. The first-order valence-corrected chi connectivity index (χ1v) is 9.86. The number of nitrogens with zero attached hydrogens (tertiary/aromatic N) is 1. The summed E-state index contributed by atoms with van der Waals surface area (Å²) in [5.74, 6) is 2.44. The van der Waals surface area contributed by atoms with Crippen LogP contribution in [0.4, 0.5) is 0 Å². The van der Waals surface area contributed by atoms with Gasteiger partial charge in [-0.15, -0.1) is 0 Å². The van der Waals surface area contributed by atoms with Crippen molar-refractivity contribution < 1.29 is 9.47 Å². The van der Waals surface area contributed by atoms with Crippen LogP contribution in [-0.4, -0.2) is 37.9 Å². The standard InChI is InChI=1S/C21H33N3O2/c1-6-22-20(24-18-16-10-11-26-19(16)21(18,4)5)23-13-15-8-9-17(25-7-2)14(3)12-15/h8-9,12,16,18-19H,6-7,10-11,13H2,1-5H3,(H2,22,23,24). The average Bonchev–Trinajstić information content (AvgIpc) is 3.06. The predicted octanol–water partition coefficient (Wildman–Crippen LogP) is 3.26. The fourth-order valence-corrected chi connectivity index (χ4v) is 4.38. The molecule has 0 bridgehead atoms. The highest BCUT2D eigenvalue weighted by atomic mass is 16.5. The Labute approximate surface area is 157 Å². The zero-order chi connectivity index (χ0) is 18.7. The van der Waals surface area contributed by atoms with Crippen molar-refractivity contribution in [2.75, 3.05) is 19.8 Å². The van der Waals surface area contributed by atoms with E-state index in [2.05, 4.69) is 50.5 Å². The van der Waals surface area contributed by atoms with Gasteiger partial charge in [0.15, 0.2) is 5.96 Å². The third kappa shape index (κ3) is 3.68. The lowest BCUT2D eigenvalue weighted by Gasteiger charge is -2.54. The molecule has 3 unspecified atom stereocenters. The maximum absolute atomic E-state index is 5.90. The second-order valence-corrected chi connectivity index (χ2v) is 7.92. The van der Waals surface area contributed by atoms with E-state index in [9.17, 15) is 0 Å². The van der Waals surface area contributed by atoms with Gasteiger partial charge in [0, 0.05) is 30.5 Å². The van der Waals surface area contributed by atoms with E-state index in [1.54, 1.807) is 0 Å². The molecule has 1 aromatic carbocycles. The van der Waals surface area contributed by atoms with Crippen LogP contribution in [0.15, 0.2) is 23.2 Å². The highest BCUT2D eigenvalue weighted by molar-refractivity contribution is 5.80. The van der Waals surface area contributed by atoms with Gasteiger partial charge in [0.05, 0.1) is 19.3 Å². The maximum Gasteiger partial charge on any atom is 0.191 e. The SMILES string of the molecule is CCNC(=NCc1ccc(OCC)c(C)c1)NC1C2CCOC2C1(C)C. The second kappa shape index (κ2) is 7.87. The van der Waals surface area contributed by atoms with Crippen LogP contribution in [0, 0.1) is 18.3 Å². The molecule has 1 aromatic rings. The number of aliphatic imine (C=N–C) groups is 1. The molecule has 1 aliphatic carbocycles. The highest BCUT2D eigenvalue weighted by Gasteiger charge is 2.59. The molecule has 144 valence electrons. The van der Waals surface area contributed by atoms with Crippen molar-refractivity contribution in [3.8, 4) is 5.75 Å². The summed E-state index contributed by atoms with van der Waals surface area (Å²) in [6, 6.07) is 6.71. The third-order valence-electron chi connectivity index (χ3n) is 5.70. The number of guanidine groups is 1. The molecular weight excluding hydrogens is 326 g/mol. The van der Waals surface area contributed by atoms with E-state index in [1.165, 1.54) is 5.56 Å². The summed E-state index contributed by atoms with van der Waals surface area (Å²) < 4.78 is 11.5. The average molecular weight is 360 g/mol. The maximum atomic E-state index is 5.90. The molecule has 2 aliphatic rings. The summed E-state index contributed by atoms with van der Waals surface area (Å²) in [5.41, 5.74) is 2.49. The van der Waals surface area contributed by atoms with E-state index >= 15 is 0 Å². The predicted molar refractivity (Wildman–Crippen MR) is 106 cm³/mol. The van der Waals surface area contributed by atoms with Crippen LogP contribution >= 0.6 is 0 Å². The Morgan fingerprint density at radius 1 is 1.35 bits per heavy atom. The van der Waals surface area contributed by atoms with Gasteiger partial charge in [-0.05, 0) is 44.4 Å². The van der Waals surface area contributed by atoms with E-state index in [0.29, 0.717) is 31.2 Å². The van der Waals surface area contributed by atoms with Gasteiger partial charge in [-0.3, -0.25) is 0 Å². The second-order valence-electron chi connectivity index (χ2n) is 7.92. The first-order valence-electron chi connectivity index (χ1n) is 9.86. The fourth-order valence-electron chi connectivity index (χ4n) is 4.38. The lowest BCUT2D eigenvalue weighted by Crippen LogP contribution is -2.67. The number of nitrogens with one attached hydrogen (secondary N) is 2. The Bertz CT molecular complexity index is 657. The molecule has 2 N–H and O–H groups in total. The number of ether oxygens (including phenoxy) is 2. The van der Waals surface area contributed by atoms with Gasteiger partial charge in [-0.25, -0.2) is 4.99 Å². The minimum Gasteiger partial charge on any atom is -0.494 e. The van der Waals surface area contributed by atoms with Crippen molar-refractivity contribution in [2.45, 2.75) is 59.7 Å². The van der Waals surface area contributed by atoms with Gasteiger partial charge in [0.25, 0.3) is 0 Å². The first kappa shape index (κ1) is 19.0. The van der Waals surface area contributed by atoms with Crippen molar-refractivity contribution in [3.63, 3.8) is 0 Å². The van der Waals surface area contributed by atoms with E-state index in [0.717, 1.165) is 36.8 Å². The minimum absolute atomic E-state index is 0.146. The zero-order valence-corrected chi connectivity index (χ0v) is 16.8. The number of aryl methyl sites for hydroxylation is 1. The number of hydrogen-bond acceptors (Lipinski definition) is 3. The normalized spacial score (nSPS) is 26.8. The Kier molecular flexibility index (Phi) is 5.76. The largest absolute Gasteiger partial charge is 0.494 e. The van der Waals surface area contributed by atoms with E-state index in [4.69, 9.17) is 14.5 Å². The lowest BCUT2D eigenvalue weighted by atomic mass is 9.57. The summed E-state index contributed by atoms with van der Waals surface area (Å²) in [7, 11) is 0. The molecule has 0 radical (unpaired) electrons. The Morgan fingerprint density at radius 3 is 2.85 bits per heavy atom. The van der Waals surface area contributed by atoms with Crippen molar-refractivity contribution in [3.05, 3.63) is 29.3 Å². The van der Waals surface area contributed by atoms with Gasteiger partial charge in [0.1, 0.15) is 5.75 Å². The van der Waals surface area contributed by atoms with Crippen LogP contribution in [0.25, 0.3) is 0 Å². The van der Waals surface area contributed by atoms with E-state index < -0.39 is 0 Å². The summed E-state index contributed by atoms with van der Waals surface area (Å²) in [4.78, 5) is 4.81. The summed E-state index contributed by atoms with van der Waals surface area (Å²) in [6.07, 6.45) is 1.53. The number of fused-ring (bicyclic) bond motifs is 1. The van der Waals surface area contributed by atoms with E-state index in [1.807, 2.05) is 13.0 Å². The number of hydrogen-bond donors (Lipinski definition) is 2. The molecule has 0 aromatic heterocycles. The molecule has 1 saturated heterocycles. The van der Waals surface area contributed by atoms with Gasteiger partial charge in [0.2, 0.25) is 0 Å². The van der Waals surface area contributed by atoms with Gasteiger partial charge >= 0.3 is 0 Å². The fraction of sp³-hybridized carbons (Fsp3) is 0.667. The molecule has 0 spiro atoms. The zero-order valence-electron chi connectivity index (χ0n) is 16.8. The lowest BCUT2D eigenvalue weighted by molar-refractivity contribution is -0.106. The summed E-state index contributed by atoms with van der Waals surface area (Å²) >= 11 is 0. The molecule has 1 saturated carbocycles. The van der Waals surface area contributed by atoms with Crippen molar-refractivity contribution in [1.29, 1.82) is 0 Å². The molecule has 5 heteroatoms. The number of benzene rings is 1. The monoisotopic (exact) mass is 359 g/mol. The van der Waals surface area contributed by atoms with Gasteiger partial charge in [-0.2, -0.15) is 0 Å². The van der Waals surface area contributed by atoms with Crippen LogP contribution in [0.1, 0.15) is 45.2 Å². The van der Waals surface area contributed by atoms with Crippen LogP contribution in [0.3, 0.4) is 0 Å². The van der Waals surface area contributed by atoms with Crippen molar-refractivity contribution >= 4 is 5.96 Å². The Balaban J connectivity index is 1.67. The quantitative estimate of drug-likeness (QED) is 0.605. The van der Waals surface area contributed by atoms with Crippen LogP contribution in [0.5, 0.6) is 5.75 Å². The molecule has 3 atom stereocenters. The summed E-state index contributed by atoms with van der Waals surface area (Å²) in [6.45, 7) is 13.9. The minimum atomic E-state index is 0.146. The molecular formula is C21H33N3O2. The highest BCUT2D eigenvalue weighted by Crippen LogP contribution is 2.52.